The van der Waals surface area contributed by atoms with E-state index in [2.05, 4.69) is 0 Å². The Bertz CT molecular complexity index is 3080. The second-order valence-electron chi connectivity index (χ2n) is 15.7. The van der Waals surface area contributed by atoms with Crippen molar-refractivity contribution in [2.45, 2.75) is 41.0 Å². The van der Waals surface area contributed by atoms with Crippen molar-refractivity contribution in [2.24, 2.45) is 17.2 Å². The van der Waals surface area contributed by atoms with Crippen molar-refractivity contribution in [2.75, 3.05) is 19.8 Å². The number of benzene rings is 4. The average Bonchev–Trinajstić information content (AvgIpc) is 3.90. The van der Waals surface area contributed by atoms with E-state index in [1.807, 2.05) is 0 Å². The number of carboxylic acid groups (broad SMARTS) is 3. The molecule has 24 nitrogen and oxygen atoms in total. The number of hydrogen-bond acceptors (Lipinski definition) is 15. The quantitative estimate of drug-likeness (QED) is 0.0374. The zero-order valence-corrected chi connectivity index (χ0v) is 38.2. The molecule has 4 aromatic carbocycles. The molecule has 24 heteroatoms. The second kappa shape index (κ2) is 20.4. The van der Waals surface area contributed by atoms with Gasteiger partial charge in [0.1, 0.15) is 34.5 Å². The number of aromatic nitrogens is 3. The lowest BCUT2D eigenvalue weighted by atomic mass is 10.1. The summed E-state index contributed by atoms with van der Waals surface area (Å²) in [6.45, 7) is 1.06. The van der Waals surface area contributed by atoms with Gasteiger partial charge in [0.25, 0.3) is 35.1 Å². The molecule has 0 fully saturated rings. The Labute approximate surface area is 404 Å². The minimum absolute atomic E-state index is 0.0318. The van der Waals surface area contributed by atoms with Gasteiger partial charge in [0, 0.05) is 35.3 Å². The number of carbonyl (C=O) groups excluding carboxylic acids is 6. The number of carboxylic acids is 3. The van der Waals surface area contributed by atoms with Crippen molar-refractivity contribution in [1.82, 2.24) is 13.7 Å². The van der Waals surface area contributed by atoms with Gasteiger partial charge < -0.3 is 74.6 Å². The van der Waals surface area contributed by atoms with E-state index in [-0.39, 0.29) is 121 Å². The van der Waals surface area contributed by atoms with Crippen molar-refractivity contribution >= 4 is 85.7 Å². The van der Waals surface area contributed by atoms with E-state index in [0.717, 1.165) is 0 Å². The number of ether oxygens (including phenoxy) is 6. The maximum Gasteiger partial charge on any atom is 0.341 e. The minimum atomic E-state index is -1.31. The van der Waals surface area contributed by atoms with E-state index < -0.39 is 72.8 Å². The summed E-state index contributed by atoms with van der Waals surface area (Å²) in [5, 5.41) is 28.2. The number of amides is 3. The fourth-order valence-electron chi connectivity index (χ4n) is 8.17. The molecule has 7 aromatic rings. The van der Waals surface area contributed by atoms with Gasteiger partial charge in [0.2, 0.25) is 0 Å². The molecule has 372 valence electrons. The summed E-state index contributed by atoms with van der Waals surface area (Å²) < 4.78 is 39.8. The van der Waals surface area contributed by atoms with Crippen LogP contribution in [0.1, 0.15) is 48.2 Å². The SMILES string of the molecule is Cc1c(C(=O)C(N)=O)c2c(OCC(=O)O)cccc2n1COc1cc(OCn2c(C)c(C(=O)C(N)=O)c3c(OCC(=O)O)cccc32)cc(OCn2c(C)c(C(=O)C(N)=O)c3c(OCC(=O)O)cccc32)c1. The van der Waals surface area contributed by atoms with Crippen molar-refractivity contribution in [1.29, 1.82) is 0 Å². The van der Waals surface area contributed by atoms with Gasteiger partial charge in [-0.2, -0.15) is 0 Å². The fourth-order valence-corrected chi connectivity index (χ4v) is 8.17. The molecule has 0 spiro atoms. The number of fused-ring (bicyclic) bond motifs is 3. The average molecular weight is 991 g/mol. The van der Waals surface area contributed by atoms with Gasteiger partial charge in [0.15, 0.2) is 40.0 Å². The van der Waals surface area contributed by atoms with Crippen LogP contribution in [0, 0.1) is 20.8 Å². The normalized spacial score (nSPS) is 11.0. The van der Waals surface area contributed by atoms with Gasteiger partial charge in [-0.25, -0.2) is 14.4 Å². The van der Waals surface area contributed by atoms with E-state index in [1.165, 1.54) is 89.1 Å². The number of carbonyl (C=O) groups is 9. The monoisotopic (exact) mass is 990 g/mol. The molecule has 3 heterocycles. The number of nitrogens with two attached hydrogens (primary N) is 3. The van der Waals surface area contributed by atoms with Crippen LogP contribution in [0.3, 0.4) is 0 Å². The molecule has 0 bridgehead atoms. The zero-order chi connectivity index (χ0) is 52.3. The zero-order valence-electron chi connectivity index (χ0n) is 38.2. The summed E-state index contributed by atoms with van der Waals surface area (Å²) in [6.07, 6.45) is 0. The molecular formula is C48H42N6O18. The van der Waals surface area contributed by atoms with E-state index in [1.54, 1.807) is 18.2 Å². The molecular weight excluding hydrogens is 949 g/mol. The first-order valence-corrected chi connectivity index (χ1v) is 21.1. The molecule has 0 unspecified atom stereocenters. The molecule has 0 saturated carbocycles. The van der Waals surface area contributed by atoms with Crippen LogP contribution in [0.25, 0.3) is 32.7 Å². The highest BCUT2D eigenvalue weighted by atomic mass is 16.5. The van der Waals surface area contributed by atoms with Crippen LogP contribution >= 0.6 is 0 Å². The standard InChI is InChI=1S/C48H42N6O18/c1-22-37(43(61)46(49)64)40-28(7-4-10-31(40)67-16-34(55)56)52(22)19-70-25-13-26(71-20-53-23(2)38(44(62)47(50)65)41-29(53)8-5-11-32(41)68-17-35(57)58)15-27(14-25)72-21-54-24(3)39(45(63)48(51)66)42-30(54)9-6-12-33(42)69-18-36(59)60/h4-15H,16-21H2,1-3H3,(H2,49,64)(H2,50,65)(H2,51,66)(H,55,56)(H,57,58)(H,59,60). The number of nitrogens with zero attached hydrogens (tertiary/aromatic N) is 3. The van der Waals surface area contributed by atoms with Gasteiger partial charge in [-0.15, -0.1) is 0 Å². The van der Waals surface area contributed by atoms with E-state index in [4.69, 9.17) is 45.6 Å². The number of primary amides is 3. The number of ketones is 3. The molecule has 0 aliphatic carbocycles. The van der Waals surface area contributed by atoms with Gasteiger partial charge in [-0.05, 0) is 57.2 Å². The smallest absolute Gasteiger partial charge is 0.341 e. The lowest BCUT2D eigenvalue weighted by molar-refractivity contribution is -0.140. The predicted molar refractivity (Wildman–Crippen MR) is 248 cm³/mol. The molecule has 0 radical (unpaired) electrons. The summed E-state index contributed by atoms with van der Waals surface area (Å²) in [4.78, 5) is 111. The van der Waals surface area contributed by atoms with Crippen molar-refractivity contribution in [3.8, 4) is 34.5 Å². The summed E-state index contributed by atoms with van der Waals surface area (Å²) in [5.41, 5.74) is 17.2. The molecule has 3 amide bonds. The lowest BCUT2D eigenvalue weighted by Gasteiger charge is -2.17. The Morgan fingerprint density at radius 2 is 0.667 bits per heavy atom. The third kappa shape index (κ3) is 9.85. The highest BCUT2D eigenvalue weighted by Gasteiger charge is 2.30. The molecule has 3 aromatic heterocycles. The second-order valence-corrected chi connectivity index (χ2v) is 15.7. The van der Waals surface area contributed by atoms with Crippen LogP contribution in [0.15, 0.2) is 72.8 Å². The molecule has 0 aliphatic rings. The molecule has 9 N–H and O–H groups in total. The minimum Gasteiger partial charge on any atom is -0.481 e. The summed E-state index contributed by atoms with van der Waals surface area (Å²) in [5.74, 6) is -11.0. The van der Waals surface area contributed by atoms with Crippen LogP contribution in [0.2, 0.25) is 0 Å². The maximum atomic E-state index is 13.3. The number of rotatable bonds is 24. The topological polar surface area (TPSA) is 363 Å². The number of hydrogen-bond donors (Lipinski definition) is 6. The Morgan fingerprint density at radius 3 is 0.889 bits per heavy atom. The van der Waals surface area contributed by atoms with Gasteiger partial charge >= 0.3 is 17.9 Å². The maximum absolute atomic E-state index is 13.3. The fraction of sp³-hybridized carbons (Fsp3) is 0.188. The Hall–Kier alpha value is -9.87. The van der Waals surface area contributed by atoms with Crippen LogP contribution in [0.4, 0.5) is 0 Å². The molecule has 0 atom stereocenters. The first kappa shape index (κ1) is 50.0. The third-order valence-electron chi connectivity index (χ3n) is 11.3. The first-order chi connectivity index (χ1) is 34.2. The van der Waals surface area contributed by atoms with Gasteiger partial charge in [-0.1, -0.05) is 18.2 Å². The highest BCUT2D eigenvalue weighted by Crippen LogP contribution is 2.39. The Kier molecular flexibility index (Phi) is 14.2. The first-order valence-electron chi connectivity index (χ1n) is 21.1. The van der Waals surface area contributed by atoms with Crippen molar-refractivity contribution in [3.05, 3.63) is 107 Å². The van der Waals surface area contributed by atoms with Crippen LogP contribution in [0.5, 0.6) is 34.5 Å². The third-order valence-corrected chi connectivity index (χ3v) is 11.3. The van der Waals surface area contributed by atoms with E-state index in [9.17, 15) is 58.5 Å². The Morgan fingerprint density at radius 1 is 0.417 bits per heavy atom. The molecule has 0 aliphatic heterocycles. The summed E-state index contributed by atoms with van der Waals surface area (Å²) in [7, 11) is 0. The molecule has 72 heavy (non-hydrogen) atoms. The highest BCUT2D eigenvalue weighted by molar-refractivity contribution is 6.46. The van der Waals surface area contributed by atoms with Crippen LogP contribution in [-0.2, 0) is 49.0 Å². The summed E-state index contributed by atoms with van der Waals surface area (Å²) in [6, 6.07) is 17.9. The van der Waals surface area contributed by atoms with Crippen LogP contribution < -0.4 is 45.6 Å². The van der Waals surface area contributed by atoms with Crippen molar-refractivity contribution in [3.63, 3.8) is 0 Å². The van der Waals surface area contributed by atoms with Crippen molar-refractivity contribution < 1.29 is 86.9 Å². The van der Waals surface area contributed by atoms with E-state index >= 15 is 0 Å². The summed E-state index contributed by atoms with van der Waals surface area (Å²) >= 11 is 0. The van der Waals surface area contributed by atoms with Gasteiger partial charge in [-0.3, -0.25) is 28.8 Å². The molecule has 0 saturated heterocycles. The molecule has 7 rings (SSSR count). The van der Waals surface area contributed by atoms with E-state index in [0.29, 0.717) is 0 Å². The van der Waals surface area contributed by atoms with Gasteiger partial charge in [0.05, 0.1) is 49.4 Å². The number of Topliss-reactive ketones (excluding diaryl/α,β-unsaturated/α-hetero) is 3. The number of aliphatic carboxylic acids is 3. The lowest BCUT2D eigenvalue weighted by Crippen LogP contribution is -2.24. The van der Waals surface area contributed by atoms with Crippen LogP contribution in [-0.4, -0.2) is 102 Å². The predicted octanol–water partition coefficient (Wildman–Crippen LogP) is 2.98. The Balaban J connectivity index is 1.32. The largest absolute Gasteiger partial charge is 0.481 e.